The lowest BCUT2D eigenvalue weighted by atomic mass is 10.2. The van der Waals surface area contributed by atoms with E-state index in [9.17, 15) is 13.6 Å². The van der Waals surface area contributed by atoms with Crippen LogP contribution in [0.5, 0.6) is 5.75 Å². The number of halogens is 3. The van der Waals surface area contributed by atoms with Gasteiger partial charge in [-0.2, -0.15) is 8.78 Å². The average Bonchev–Trinajstić information content (AvgIpc) is 3.34. The third kappa shape index (κ3) is 7.40. The normalized spacial score (nSPS) is 14.3. The van der Waals surface area contributed by atoms with E-state index in [0.717, 1.165) is 18.9 Å². The van der Waals surface area contributed by atoms with Gasteiger partial charge in [-0.1, -0.05) is 15.9 Å². The first-order chi connectivity index (χ1) is 11.5. The highest BCUT2D eigenvalue weighted by molar-refractivity contribution is 9.10. The molecule has 1 aliphatic carbocycles. The smallest absolute Gasteiger partial charge is 0.387 e. The Morgan fingerprint density at radius 1 is 1.42 bits per heavy atom. The Bertz CT molecular complexity index is 577. The van der Waals surface area contributed by atoms with Crippen molar-refractivity contribution in [3.63, 3.8) is 0 Å². The molecule has 1 aromatic rings. The predicted octanol–water partition coefficient (Wildman–Crippen LogP) is 4.00. The van der Waals surface area contributed by atoms with E-state index in [-0.39, 0.29) is 11.7 Å². The number of alkyl halides is 2. The van der Waals surface area contributed by atoms with Crippen LogP contribution in [0.2, 0.25) is 0 Å². The van der Waals surface area contributed by atoms with Crippen LogP contribution in [-0.4, -0.2) is 32.3 Å². The minimum Gasteiger partial charge on any atom is -0.434 e. The molecule has 0 bridgehead atoms. The summed E-state index contributed by atoms with van der Waals surface area (Å²) in [6.45, 7) is -0.975. The largest absolute Gasteiger partial charge is 0.434 e. The van der Waals surface area contributed by atoms with Crippen LogP contribution < -0.4 is 10.1 Å². The van der Waals surface area contributed by atoms with Gasteiger partial charge in [-0.05, 0) is 49.5 Å². The summed E-state index contributed by atoms with van der Waals surface area (Å²) in [4.78, 5) is 11.7. The Kier molecular flexibility index (Phi) is 7.65. The van der Waals surface area contributed by atoms with Crippen LogP contribution in [0.25, 0.3) is 6.08 Å². The highest BCUT2D eigenvalue weighted by Gasteiger charge is 2.20. The molecule has 4 nitrogen and oxygen atoms in total. The molecule has 1 aliphatic rings. The molecule has 1 fully saturated rings. The number of ether oxygens (including phenoxy) is 2. The second kappa shape index (κ2) is 9.74. The lowest BCUT2D eigenvalue weighted by Gasteiger charge is -2.08. The number of nitrogens with one attached hydrogen (secondary N) is 1. The number of rotatable bonds is 10. The van der Waals surface area contributed by atoms with E-state index < -0.39 is 6.61 Å². The van der Waals surface area contributed by atoms with Gasteiger partial charge in [0.05, 0.1) is 0 Å². The van der Waals surface area contributed by atoms with Crippen molar-refractivity contribution in [1.82, 2.24) is 5.32 Å². The molecule has 1 amide bonds. The molecule has 24 heavy (non-hydrogen) atoms. The lowest BCUT2D eigenvalue weighted by Crippen LogP contribution is -2.23. The second-order valence-corrected chi connectivity index (χ2v) is 6.47. The first-order valence-electron chi connectivity index (χ1n) is 7.82. The summed E-state index contributed by atoms with van der Waals surface area (Å²) in [6.07, 6.45) is 6.00. The molecule has 0 aromatic heterocycles. The van der Waals surface area contributed by atoms with Crippen molar-refractivity contribution in [2.24, 2.45) is 5.92 Å². The maximum Gasteiger partial charge on any atom is 0.387 e. The van der Waals surface area contributed by atoms with Crippen molar-refractivity contribution in [3.05, 3.63) is 34.3 Å². The van der Waals surface area contributed by atoms with Crippen molar-refractivity contribution in [2.45, 2.75) is 25.9 Å². The molecule has 2 rings (SSSR count). The van der Waals surface area contributed by atoms with Gasteiger partial charge >= 0.3 is 6.61 Å². The quantitative estimate of drug-likeness (QED) is 0.474. The first-order valence-corrected chi connectivity index (χ1v) is 8.62. The third-order valence-electron chi connectivity index (χ3n) is 3.42. The fourth-order valence-corrected chi connectivity index (χ4v) is 2.38. The molecule has 1 saturated carbocycles. The van der Waals surface area contributed by atoms with Crippen LogP contribution in [-0.2, 0) is 9.53 Å². The van der Waals surface area contributed by atoms with Crippen LogP contribution in [0.1, 0.15) is 24.8 Å². The molecule has 0 saturated heterocycles. The van der Waals surface area contributed by atoms with Crippen molar-refractivity contribution >= 4 is 27.9 Å². The summed E-state index contributed by atoms with van der Waals surface area (Å²) < 4.78 is 35.4. The number of hydrogen-bond donors (Lipinski definition) is 1. The minimum absolute atomic E-state index is 0.0192. The highest BCUT2D eigenvalue weighted by atomic mass is 79.9. The predicted molar refractivity (Wildman–Crippen MR) is 91.0 cm³/mol. The molecule has 0 spiro atoms. The van der Waals surface area contributed by atoms with Gasteiger partial charge in [0.2, 0.25) is 5.91 Å². The van der Waals surface area contributed by atoms with Crippen molar-refractivity contribution in [1.29, 1.82) is 0 Å². The number of carbonyl (C=O) groups excluding carboxylic acids is 1. The van der Waals surface area contributed by atoms with E-state index >= 15 is 0 Å². The Morgan fingerprint density at radius 2 is 2.21 bits per heavy atom. The van der Waals surface area contributed by atoms with E-state index in [1.165, 1.54) is 31.1 Å². The molecule has 0 atom stereocenters. The average molecular weight is 404 g/mol. The van der Waals surface area contributed by atoms with Crippen molar-refractivity contribution in [3.8, 4) is 5.75 Å². The first kappa shape index (κ1) is 18.9. The van der Waals surface area contributed by atoms with Crippen molar-refractivity contribution in [2.75, 3.05) is 19.8 Å². The van der Waals surface area contributed by atoms with Gasteiger partial charge in [0.15, 0.2) is 0 Å². The van der Waals surface area contributed by atoms with Gasteiger partial charge in [0.25, 0.3) is 0 Å². The molecule has 0 aliphatic heterocycles. The van der Waals surface area contributed by atoms with Crippen LogP contribution in [0.3, 0.4) is 0 Å². The van der Waals surface area contributed by atoms with E-state index in [0.29, 0.717) is 23.2 Å². The van der Waals surface area contributed by atoms with Gasteiger partial charge in [-0.25, -0.2) is 0 Å². The third-order valence-corrected chi connectivity index (χ3v) is 3.91. The summed E-state index contributed by atoms with van der Waals surface area (Å²) >= 11 is 3.26. The Balaban J connectivity index is 1.74. The van der Waals surface area contributed by atoms with Crippen LogP contribution >= 0.6 is 15.9 Å². The van der Waals surface area contributed by atoms with E-state index in [2.05, 4.69) is 26.0 Å². The zero-order valence-electron chi connectivity index (χ0n) is 13.1. The van der Waals surface area contributed by atoms with Crippen LogP contribution in [0.15, 0.2) is 28.7 Å². The minimum atomic E-state index is -2.91. The maximum atomic E-state index is 12.4. The molecular formula is C17H20BrF2NO3. The van der Waals surface area contributed by atoms with Gasteiger partial charge in [-0.3, -0.25) is 4.79 Å². The topological polar surface area (TPSA) is 47.6 Å². The molecule has 7 heteroatoms. The number of amides is 1. The van der Waals surface area contributed by atoms with Gasteiger partial charge in [0.1, 0.15) is 5.75 Å². The lowest BCUT2D eigenvalue weighted by molar-refractivity contribution is -0.116. The highest BCUT2D eigenvalue weighted by Crippen LogP contribution is 2.28. The van der Waals surface area contributed by atoms with Crippen LogP contribution in [0, 0.1) is 5.92 Å². The molecule has 1 aromatic carbocycles. The summed E-state index contributed by atoms with van der Waals surface area (Å²) in [7, 11) is 0. The van der Waals surface area contributed by atoms with E-state index in [4.69, 9.17) is 4.74 Å². The molecule has 0 unspecified atom stereocenters. The van der Waals surface area contributed by atoms with Crippen molar-refractivity contribution < 1.29 is 23.0 Å². The Hall–Kier alpha value is -1.47. The zero-order chi connectivity index (χ0) is 17.4. The Labute approximate surface area is 148 Å². The molecular weight excluding hydrogens is 384 g/mol. The van der Waals surface area contributed by atoms with E-state index in [1.807, 2.05) is 0 Å². The van der Waals surface area contributed by atoms with E-state index in [1.54, 1.807) is 12.1 Å². The number of benzene rings is 1. The second-order valence-electron chi connectivity index (χ2n) is 5.56. The van der Waals surface area contributed by atoms with Gasteiger partial charge in [-0.15, -0.1) is 0 Å². The number of hydrogen-bond acceptors (Lipinski definition) is 3. The van der Waals surface area contributed by atoms with Gasteiger partial charge < -0.3 is 14.8 Å². The van der Waals surface area contributed by atoms with Gasteiger partial charge in [0, 0.05) is 35.9 Å². The SMILES string of the molecule is O=C(/C=C/c1cc(Br)ccc1OC(F)F)NCCCOCC1CC1. The fourth-order valence-electron chi connectivity index (χ4n) is 2.00. The zero-order valence-corrected chi connectivity index (χ0v) is 14.7. The monoisotopic (exact) mass is 403 g/mol. The standard InChI is InChI=1S/C17H20BrF2NO3/c18-14-5-6-15(24-17(19)20)13(10-14)4-7-16(22)21-8-1-9-23-11-12-2-3-12/h4-7,10,12,17H,1-3,8-9,11H2,(H,21,22)/b7-4+. The summed E-state index contributed by atoms with van der Waals surface area (Å²) in [5.41, 5.74) is 0.396. The van der Waals surface area contributed by atoms with Crippen LogP contribution in [0.4, 0.5) is 8.78 Å². The summed E-state index contributed by atoms with van der Waals surface area (Å²) in [5, 5.41) is 2.73. The summed E-state index contributed by atoms with van der Waals surface area (Å²) in [5.74, 6) is 0.461. The fraction of sp³-hybridized carbons (Fsp3) is 0.471. The number of carbonyl (C=O) groups is 1. The molecule has 0 radical (unpaired) electrons. The molecule has 132 valence electrons. The molecule has 0 heterocycles. The Morgan fingerprint density at radius 3 is 2.92 bits per heavy atom. The summed E-state index contributed by atoms with van der Waals surface area (Å²) in [6, 6.07) is 4.62. The maximum absolute atomic E-state index is 12.4. The molecule has 1 N–H and O–H groups in total.